The Bertz CT molecular complexity index is 720. The molecule has 2 atom stereocenters. The summed E-state index contributed by atoms with van der Waals surface area (Å²) >= 11 is 0. The van der Waals surface area contributed by atoms with Gasteiger partial charge in [0.1, 0.15) is 5.69 Å². The maximum atomic E-state index is 11.5. The Morgan fingerprint density at radius 2 is 2.16 bits per heavy atom. The number of hydrogen-bond donors (Lipinski definition) is 2. The first-order chi connectivity index (χ1) is 11.6. The number of hydrogen-bond acceptors (Lipinski definition) is 5. The lowest BCUT2D eigenvalue weighted by molar-refractivity contribution is -0.384. The van der Waals surface area contributed by atoms with Crippen LogP contribution < -0.4 is 5.32 Å². The summed E-state index contributed by atoms with van der Waals surface area (Å²) in [6.07, 6.45) is 0.186. The Balaban J connectivity index is 2.23. The molecule has 1 aliphatic rings. The van der Waals surface area contributed by atoms with Crippen molar-refractivity contribution in [2.45, 2.75) is 45.7 Å². The molecular formula is C17H22N4O4. The van der Waals surface area contributed by atoms with Gasteiger partial charge < -0.3 is 15.3 Å². The lowest BCUT2D eigenvalue weighted by atomic mass is 9.79. The van der Waals surface area contributed by atoms with Gasteiger partial charge in [0.25, 0.3) is 5.69 Å². The van der Waals surface area contributed by atoms with E-state index in [1.54, 1.807) is 0 Å². The summed E-state index contributed by atoms with van der Waals surface area (Å²) in [5, 5.41) is 32.8. The summed E-state index contributed by atoms with van der Waals surface area (Å²) in [4.78, 5) is 23.7. The molecule has 0 bridgehead atoms. The molecule has 1 aromatic carbocycles. The maximum absolute atomic E-state index is 11.5. The van der Waals surface area contributed by atoms with E-state index in [9.17, 15) is 20.0 Å². The van der Waals surface area contributed by atoms with Crippen molar-refractivity contribution in [1.82, 2.24) is 4.90 Å². The fraction of sp³-hybridized carbons (Fsp3) is 0.529. The van der Waals surface area contributed by atoms with Crippen molar-refractivity contribution in [3.8, 4) is 6.07 Å². The predicted octanol–water partition coefficient (Wildman–Crippen LogP) is 3.44. The number of nitrogens with zero attached hydrogens (tertiary/aromatic N) is 3. The molecule has 1 aromatic rings. The number of likely N-dealkylation sites (tertiary alicyclic amines) is 1. The Morgan fingerprint density at radius 3 is 2.68 bits per heavy atom. The SMILES string of the molecule is CC(C)(C)C1CC(Nc2ccc(C#N)cc2[N+](=O)[O-])CCN1C(=O)O. The minimum Gasteiger partial charge on any atom is -0.465 e. The van der Waals surface area contributed by atoms with E-state index in [0.717, 1.165) is 0 Å². The second-order valence-corrected chi connectivity index (χ2v) is 7.32. The molecule has 1 amide bonds. The Hall–Kier alpha value is -2.82. The van der Waals surface area contributed by atoms with Crippen molar-refractivity contribution < 1.29 is 14.8 Å². The minimum atomic E-state index is -0.942. The van der Waals surface area contributed by atoms with Crippen LogP contribution in [0.15, 0.2) is 18.2 Å². The first-order valence-corrected chi connectivity index (χ1v) is 8.08. The van der Waals surface area contributed by atoms with Gasteiger partial charge in [0.2, 0.25) is 0 Å². The van der Waals surface area contributed by atoms with Crippen molar-refractivity contribution in [3.05, 3.63) is 33.9 Å². The number of benzene rings is 1. The Labute approximate surface area is 146 Å². The van der Waals surface area contributed by atoms with Gasteiger partial charge in [-0.3, -0.25) is 10.1 Å². The van der Waals surface area contributed by atoms with Crippen LogP contribution in [0.4, 0.5) is 16.2 Å². The normalized spacial score (nSPS) is 20.6. The maximum Gasteiger partial charge on any atom is 0.407 e. The highest BCUT2D eigenvalue weighted by Crippen LogP contribution is 2.34. The molecule has 1 saturated heterocycles. The van der Waals surface area contributed by atoms with E-state index >= 15 is 0 Å². The van der Waals surface area contributed by atoms with Crippen molar-refractivity contribution in [2.75, 3.05) is 11.9 Å². The van der Waals surface area contributed by atoms with Crippen LogP contribution in [0, 0.1) is 26.9 Å². The van der Waals surface area contributed by atoms with Crippen molar-refractivity contribution in [3.63, 3.8) is 0 Å². The molecule has 0 radical (unpaired) electrons. The highest BCUT2D eigenvalue weighted by Gasteiger charge is 2.39. The highest BCUT2D eigenvalue weighted by molar-refractivity contribution is 5.66. The average molecular weight is 346 g/mol. The molecule has 8 heteroatoms. The van der Waals surface area contributed by atoms with Gasteiger partial charge in [0.05, 0.1) is 16.6 Å². The van der Waals surface area contributed by atoms with Gasteiger partial charge in [-0.15, -0.1) is 0 Å². The lowest BCUT2D eigenvalue weighted by Gasteiger charge is -2.44. The van der Waals surface area contributed by atoms with Crippen LogP contribution in [0.25, 0.3) is 0 Å². The van der Waals surface area contributed by atoms with Gasteiger partial charge in [-0.05, 0) is 30.4 Å². The lowest BCUT2D eigenvalue weighted by Crippen LogP contribution is -2.54. The number of carbonyl (C=O) groups is 1. The number of anilines is 1. The molecule has 0 aliphatic carbocycles. The molecule has 1 aliphatic heterocycles. The standard InChI is InChI=1S/C17H22N4O4/c1-17(2,3)15-9-12(6-7-20(15)16(22)23)19-13-5-4-11(10-18)8-14(13)21(24)25/h4-5,8,12,15,19H,6-7,9H2,1-3H3,(H,22,23). The monoisotopic (exact) mass is 346 g/mol. The van der Waals surface area contributed by atoms with E-state index in [0.29, 0.717) is 25.1 Å². The topological polar surface area (TPSA) is 119 Å². The van der Waals surface area contributed by atoms with E-state index in [-0.39, 0.29) is 28.7 Å². The fourth-order valence-corrected chi connectivity index (χ4v) is 3.24. The number of nitro benzene ring substituents is 1. The van der Waals surface area contributed by atoms with Crippen LogP contribution in [0.3, 0.4) is 0 Å². The van der Waals surface area contributed by atoms with Crippen LogP contribution in [0.1, 0.15) is 39.2 Å². The number of rotatable bonds is 3. The minimum absolute atomic E-state index is 0.0774. The third-order valence-electron chi connectivity index (χ3n) is 4.53. The van der Waals surface area contributed by atoms with Gasteiger partial charge in [-0.2, -0.15) is 5.26 Å². The number of piperidine rings is 1. The van der Waals surface area contributed by atoms with Crippen LogP contribution in [0.5, 0.6) is 0 Å². The summed E-state index contributed by atoms with van der Waals surface area (Å²) in [5.41, 5.74) is 0.193. The van der Waals surface area contributed by atoms with Gasteiger partial charge >= 0.3 is 6.09 Å². The first-order valence-electron chi connectivity index (χ1n) is 8.08. The zero-order valence-corrected chi connectivity index (χ0v) is 14.5. The van der Waals surface area contributed by atoms with Crippen LogP contribution in [-0.4, -0.2) is 39.7 Å². The molecular weight excluding hydrogens is 324 g/mol. The predicted molar refractivity (Wildman–Crippen MR) is 92.4 cm³/mol. The molecule has 0 spiro atoms. The van der Waals surface area contributed by atoms with E-state index in [4.69, 9.17) is 5.26 Å². The molecule has 25 heavy (non-hydrogen) atoms. The van der Waals surface area contributed by atoms with Crippen molar-refractivity contribution in [1.29, 1.82) is 5.26 Å². The molecule has 2 rings (SSSR count). The molecule has 1 fully saturated rings. The third kappa shape index (κ3) is 4.18. The fourth-order valence-electron chi connectivity index (χ4n) is 3.24. The molecule has 0 aromatic heterocycles. The average Bonchev–Trinajstić information content (AvgIpc) is 2.54. The van der Waals surface area contributed by atoms with Crippen LogP contribution in [0.2, 0.25) is 0 Å². The van der Waals surface area contributed by atoms with E-state index in [1.807, 2.05) is 26.8 Å². The quantitative estimate of drug-likeness (QED) is 0.639. The molecule has 2 N–H and O–H groups in total. The van der Waals surface area contributed by atoms with E-state index < -0.39 is 11.0 Å². The first kappa shape index (κ1) is 18.5. The number of nitrogens with one attached hydrogen (secondary N) is 1. The Kier molecular flexibility index (Phi) is 5.16. The second kappa shape index (κ2) is 6.97. The third-order valence-corrected chi connectivity index (χ3v) is 4.53. The van der Waals surface area contributed by atoms with E-state index in [2.05, 4.69) is 5.32 Å². The summed E-state index contributed by atoms with van der Waals surface area (Å²) < 4.78 is 0. The summed E-state index contributed by atoms with van der Waals surface area (Å²) in [6.45, 7) is 6.33. The zero-order valence-electron chi connectivity index (χ0n) is 14.5. The molecule has 8 nitrogen and oxygen atoms in total. The number of carboxylic acid groups (broad SMARTS) is 1. The number of amides is 1. The summed E-state index contributed by atoms with van der Waals surface area (Å²) in [7, 11) is 0. The molecule has 0 saturated carbocycles. The number of nitriles is 1. The zero-order chi connectivity index (χ0) is 18.8. The Morgan fingerprint density at radius 1 is 1.48 bits per heavy atom. The van der Waals surface area contributed by atoms with Crippen molar-refractivity contribution >= 4 is 17.5 Å². The largest absolute Gasteiger partial charge is 0.465 e. The molecule has 134 valence electrons. The molecule has 2 unspecified atom stereocenters. The van der Waals surface area contributed by atoms with Crippen LogP contribution in [-0.2, 0) is 0 Å². The number of nitro groups is 1. The van der Waals surface area contributed by atoms with E-state index in [1.165, 1.54) is 23.1 Å². The second-order valence-electron chi connectivity index (χ2n) is 7.32. The van der Waals surface area contributed by atoms with Gasteiger partial charge in [-0.25, -0.2) is 4.79 Å². The molecule has 1 heterocycles. The van der Waals surface area contributed by atoms with Crippen LogP contribution >= 0.6 is 0 Å². The van der Waals surface area contributed by atoms with Crippen molar-refractivity contribution in [2.24, 2.45) is 5.41 Å². The smallest absolute Gasteiger partial charge is 0.407 e. The summed E-state index contributed by atoms with van der Waals surface area (Å²) in [6, 6.07) is 5.94. The highest BCUT2D eigenvalue weighted by atomic mass is 16.6. The summed E-state index contributed by atoms with van der Waals surface area (Å²) in [5.74, 6) is 0. The van der Waals surface area contributed by atoms with Gasteiger partial charge in [0.15, 0.2) is 0 Å². The van der Waals surface area contributed by atoms with Gasteiger partial charge in [-0.1, -0.05) is 20.8 Å². The van der Waals surface area contributed by atoms with Gasteiger partial charge in [0, 0.05) is 24.7 Å².